The van der Waals surface area contributed by atoms with Crippen LogP contribution in [0.1, 0.15) is 28.8 Å². The second kappa shape index (κ2) is 7.77. The fraction of sp³-hybridized carbons (Fsp3) is 0.211. The number of pyridine rings is 1. The highest BCUT2D eigenvalue weighted by molar-refractivity contribution is 6.31. The van der Waals surface area contributed by atoms with Crippen molar-refractivity contribution in [1.82, 2.24) is 25.1 Å². The topological polar surface area (TPSA) is 93.0 Å². The maximum atomic E-state index is 12.7. The molecule has 28 heavy (non-hydrogen) atoms. The second-order valence-electron chi connectivity index (χ2n) is 6.36. The number of benzene rings is 1. The van der Waals surface area contributed by atoms with Crippen LogP contribution in [0.4, 0.5) is 5.69 Å². The lowest BCUT2D eigenvalue weighted by atomic mass is 10.1. The first-order chi connectivity index (χ1) is 13.6. The summed E-state index contributed by atoms with van der Waals surface area (Å²) in [7, 11) is 0. The zero-order valence-electron chi connectivity index (χ0n) is 14.9. The molecular formula is C19H17ClN6O2. The Bertz CT molecular complexity index is 1000. The van der Waals surface area contributed by atoms with Gasteiger partial charge in [-0.2, -0.15) is 5.10 Å². The number of nitrogens with one attached hydrogen (secondary N) is 1. The number of amides is 2. The van der Waals surface area contributed by atoms with E-state index in [1.165, 1.54) is 6.33 Å². The van der Waals surface area contributed by atoms with Crippen LogP contribution in [0.25, 0.3) is 5.82 Å². The van der Waals surface area contributed by atoms with Gasteiger partial charge < -0.3 is 10.2 Å². The van der Waals surface area contributed by atoms with Gasteiger partial charge in [-0.15, -0.1) is 0 Å². The lowest BCUT2D eigenvalue weighted by Gasteiger charge is -2.19. The van der Waals surface area contributed by atoms with Crippen LogP contribution in [0.2, 0.25) is 5.02 Å². The Balaban J connectivity index is 1.47. The number of halogens is 1. The zero-order valence-corrected chi connectivity index (χ0v) is 15.6. The van der Waals surface area contributed by atoms with Crippen LogP contribution in [-0.2, 0) is 11.3 Å². The number of carbonyl (C=O) groups is 2. The lowest BCUT2D eigenvalue weighted by Crippen LogP contribution is -2.29. The Morgan fingerprint density at radius 1 is 1.25 bits per heavy atom. The molecule has 4 rings (SSSR count). The van der Waals surface area contributed by atoms with E-state index in [0.717, 1.165) is 12.0 Å². The van der Waals surface area contributed by atoms with E-state index in [-0.39, 0.29) is 11.8 Å². The molecule has 0 saturated carbocycles. The van der Waals surface area contributed by atoms with Gasteiger partial charge in [-0.05, 0) is 36.2 Å². The number of hydrogen-bond acceptors (Lipinski definition) is 5. The van der Waals surface area contributed by atoms with E-state index in [1.807, 2.05) is 6.07 Å². The quantitative estimate of drug-likeness (QED) is 0.714. The van der Waals surface area contributed by atoms with Gasteiger partial charge in [0.2, 0.25) is 5.91 Å². The van der Waals surface area contributed by atoms with E-state index in [9.17, 15) is 9.59 Å². The highest BCUT2D eigenvalue weighted by atomic mass is 35.5. The molecule has 0 atom stereocenters. The summed E-state index contributed by atoms with van der Waals surface area (Å²) >= 11 is 6.09. The Hall–Kier alpha value is -3.26. The van der Waals surface area contributed by atoms with Crippen molar-refractivity contribution < 1.29 is 9.59 Å². The molecule has 8 nitrogen and oxygen atoms in total. The molecular weight excluding hydrogens is 380 g/mol. The maximum absolute atomic E-state index is 12.7. The van der Waals surface area contributed by atoms with Crippen LogP contribution in [-0.4, -0.2) is 38.1 Å². The predicted molar refractivity (Wildman–Crippen MR) is 103 cm³/mol. The van der Waals surface area contributed by atoms with Crippen molar-refractivity contribution in [2.24, 2.45) is 0 Å². The molecule has 1 N–H and O–H groups in total. The summed E-state index contributed by atoms with van der Waals surface area (Å²) in [5.74, 6) is 0.371. The van der Waals surface area contributed by atoms with Gasteiger partial charge in [-0.25, -0.2) is 14.6 Å². The largest absolute Gasteiger partial charge is 0.348 e. The first kappa shape index (κ1) is 18.1. The van der Waals surface area contributed by atoms with Crippen molar-refractivity contribution in [3.63, 3.8) is 0 Å². The summed E-state index contributed by atoms with van der Waals surface area (Å²) < 4.78 is 1.55. The monoisotopic (exact) mass is 396 g/mol. The van der Waals surface area contributed by atoms with Crippen molar-refractivity contribution in [2.45, 2.75) is 19.4 Å². The Morgan fingerprint density at radius 2 is 2.14 bits per heavy atom. The Morgan fingerprint density at radius 3 is 2.82 bits per heavy atom. The molecule has 2 aromatic heterocycles. The minimum absolute atomic E-state index is 0.00390. The molecule has 9 heteroatoms. The van der Waals surface area contributed by atoms with Crippen molar-refractivity contribution >= 4 is 29.1 Å². The molecule has 1 aromatic carbocycles. The fourth-order valence-electron chi connectivity index (χ4n) is 3.08. The van der Waals surface area contributed by atoms with Crippen molar-refractivity contribution in [3.8, 4) is 5.82 Å². The van der Waals surface area contributed by atoms with Gasteiger partial charge in [-0.1, -0.05) is 17.7 Å². The summed E-state index contributed by atoms with van der Waals surface area (Å²) in [6, 6.07) is 8.61. The number of nitrogens with zero attached hydrogens (tertiary/aromatic N) is 5. The predicted octanol–water partition coefficient (Wildman–Crippen LogP) is 2.37. The summed E-state index contributed by atoms with van der Waals surface area (Å²) in [4.78, 5) is 34.7. The molecule has 0 radical (unpaired) electrons. The van der Waals surface area contributed by atoms with Gasteiger partial charge in [0, 0.05) is 30.7 Å². The van der Waals surface area contributed by atoms with Crippen molar-refractivity contribution in [3.05, 3.63) is 65.3 Å². The van der Waals surface area contributed by atoms with Crippen molar-refractivity contribution in [1.29, 1.82) is 0 Å². The normalized spacial score (nSPS) is 13.8. The molecule has 0 bridgehead atoms. The molecule has 3 aromatic rings. The first-order valence-corrected chi connectivity index (χ1v) is 9.17. The lowest BCUT2D eigenvalue weighted by molar-refractivity contribution is -0.117. The molecule has 0 unspecified atom stereocenters. The first-order valence-electron chi connectivity index (χ1n) is 8.80. The third-order valence-electron chi connectivity index (χ3n) is 4.48. The highest BCUT2D eigenvalue weighted by Gasteiger charge is 2.26. The van der Waals surface area contributed by atoms with Crippen LogP contribution in [0, 0.1) is 0 Å². The van der Waals surface area contributed by atoms with Gasteiger partial charge in [0.05, 0.1) is 11.3 Å². The minimum Gasteiger partial charge on any atom is -0.348 e. The zero-order chi connectivity index (χ0) is 19.5. The number of carbonyl (C=O) groups excluding carboxylic acids is 2. The summed E-state index contributed by atoms with van der Waals surface area (Å²) in [5, 5.41) is 7.38. The van der Waals surface area contributed by atoms with E-state index in [0.29, 0.717) is 41.6 Å². The van der Waals surface area contributed by atoms with Gasteiger partial charge in [0.1, 0.15) is 12.7 Å². The third kappa shape index (κ3) is 3.72. The van der Waals surface area contributed by atoms with Crippen LogP contribution in [0.5, 0.6) is 0 Å². The number of rotatable bonds is 5. The molecule has 3 heterocycles. The van der Waals surface area contributed by atoms with Gasteiger partial charge in [0.15, 0.2) is 5.82 Å². The average molecular weight is 397 g/mol. The second-order valence-corrected chi connectivity index (χ2v) is 6.79. The third-order valence-corrected chi connectivity index (χ3v) is 4.72. The maximum Gasteiger partial charge on any atom is 0.253 e. The van der Waals surface area contributed by atoms with Crippen LogP contribution in [0.3, 0.4) is 0 Å². The van der Waals surface area contributed by atoms with Crippen LogP contribution >= 0.6 is 11.6 Å². The highest BCUT2D eigenvalue weighted by Crippen LogP contribution is 2.28. The molecule has 142 valence electrons. The number of aromatic nitrogens is 4. The van der Waals surface area contributed by atoms with Gasteiger partial charge in [0.25, 0.3) is 5.91 Å². The van der Waals surface area contributed by atoms with Crippen LogP contribution < -0.4 is 10.2 Å². The van der Waals surface area contributed by atoms with Crippen molar-refractivity contribution in [2.75, 3.05) is 11.4 Å². The molecule has 1 fully saturated rings. The fourth-order valence-corrected chi connectivity index (χ4v) is 3.25. The minimum atomic E-state index is -0.272. The number of hydrogen-bond donors (Lipinski definition) is 1. The summed E-state index contributed by atoms with van der Waals surface area (Å²) in [6.45, 7) is 0.895. The Labute approximate surface area is 166 Å². The van der Waals surface area contributed by atoms with Gasteiger partial charge >= 0.3 is 0 Å². The smallest absolute Gasteiger partial charge is 0.253 e. The van der Waals surface area contributed by atoms with E-state index in [1.54, 1.807) is 46.4 Å². The average Bonchev–Trinajstić information content (AvgIpc) is 3.38. The van der Waals surface area contributed by atoms with Gasteiger partial charge in [-0.3, -0.25) is 9.59 Å². The summed E-state index contributed by atoms with van der Waals surface area (Å²) in [5.41, 5.74) is 1.81. The summed E-state index contributed by atoms with van der Waals surface area (Å²) in [6.07, 6.45) is 5.92. The van der Waals surface area contributed by atoms with E-state index in [2.05, 4.69) is 20.4 Å². The molecule has 0 spiro atoms. The SMILES string of the molecule is O=C(NCc1ccc(-n2cncn2)nc1)c1ccc(Cl)cc1N1CCCC1=O. The molecule has 1 aliphatic heterocycles. The Kier molecular flexibility index (Phi) is 5.03. The molecule has 1 saturated heterocycles. The number of anilines is 1. The van der Waals surface area contributed by atoms with E-state index < -0.39 is 0 Å². The van der Waals surface area contributed by atoms with E-state index >= 15 is 0 Å². The molecule has 2 amide bonds. The van der Waals surface area contributed by atoms with E-state index in [4.69, 9.17) is 11.6 Å². The van der Waals surface area contributed by atoms with Crippen LogP contribution in [0.15, 0.2) is 49.2 Å². The standard InChI is InChI=1S/C19H17ClN6O2/c20-14-4-5-15(16(8-14)25-7-1-2-18(25)27)19(28)23-10-13-3-6-17(22-9-13)26-12-21-11-24-26/h3-6,8-9,11-12H,1-2,7,10H2,(H,23,28). The molecule has 1 aliphatic rings. The molecule has 0 aliphatic carbocycles.